The predicted octanol–water partition coefficient (Wildman–Crippen LogP) is 0.303. The van der Waals surface area contributed by atoms with Crippen LogP contribution in [-0.2, 0) is 7.05 Å². The number of pyridine rings is 1. The molecular formula is C16H13IN2. The molecule has 4 aromatic rings. The standard InChI is InChI=1S/C16H12N2.HI/c1-18-10-13-11-6-2-4-8-14(11)17-16(13)12-7-3-5-9-15(12)18;/h2-10H,1H3;1H. The maximum absolute atomic E-state index is 3.53. The Morgan fingerprint density at radius 2 is 1.53 bits per heavy atom. The second-order valence-corrected chi connectivity index (χ2v) is 4.72. The van der Waals surface area contributed by atoms with Gasteiger partial charge in [-0.05, 0) is 12.1 Å². The molecule has 94 valence electrons. The summed E-state index contributed by atoms with van der Waals surface area (Å²) >= 11 is 0. The number of H-pyrrole nitrogens is 1. The minimum absolute atomic E-state index is 0. The van der Waals surface area contributed by atoms with Gasteiger partial charge >= 0.3 is 0 Å². The van der Waals surface area contributed by atoms with Gasteiger partial charge in [-0.25, -0.2) is 4.57 Å². The number of aromatic nitrogens is 2. The number of aryl methyl sites for hydroxylation is 1. The lowest BCUT2D eigenvalue weighted by atomic mass is 10.1. The molecule has 4 rings (SSSR count). The molecule has 19 heavy (non-hydrogen) atoms. The van der Waals surface area contributed by atoms with Crippen LogP contribution in [0.1, 0.15) is 0 Å². The van der Waals surface area contributed by atoms with Gasteiger partial charge in [-0.15, -0.1) is 0 Å². The molecule has 2 aromatic carbocycles. The fourth-order valence-electron chi connectivity index (χ4n) is 2.77. The molecule has 0 aliphatic carbocycles. The number of rotatable bonds is 0. The molecular weight excluding hydrogens is 347 g/mol. The summed E-state index contributed by atoms with van der Waals surface area (Å²) in [7, 11) is 2.10. The van der Waals surface area contributed by atoms with E-state index in [0.29, 0.717) is 0 Å². The number of hydrogen-bond acceptors (Lipinski definition) is 0. The fourth-order valence-corrected chi connectivity index (χ4v) is 2.77. The van der Waals surface area contributed by atoms with Crippen LogP contribution in [0.3, 0.4) is 0 Å². The molecule has 0 atom stereocenters. The molecule has 0 aliphatic heterocycles. The molecule has 0 fully saturated rings. The number of hydrogen-bond donors (Lipinski definition) is 1. The average Bonchev–Trinajstić information content (AvgIpc) is 2.78. The molecule has 3 heteroatoms. The van der Waals surface area contributed by atoms with E-state index in [0.717, 1.165) is 0 Å². The van der Waals surface area contributed by atoms with Gasteiger partial charge in [-0.3, -0.25) is 0 Å². The molecule has 2 aromatic heterocycles. The number of aromatic amines is 1. The second-order valence-electron chi connectivity index (χ2n) is 4.72. The Labute approximate surface area is 128 Å². The van der Waals surface area contributed by atoms with Crippen LogP contribution in [0, 0.1) is 0 Å². The second kappa shape index (κ2) is 4.49. The first-order valence-electron chi connectivity index (χ1n) is 6.12. The third kappa shape index (κ3) is 1.72. The highest BCUT2D eigenvalue weighted by atomic mass is 127. The Morgan fingerprint density at radius 1 is 0.842 bits per heavy atom. The fraction of sp³-hybridized carbons (Fsp3) is 0.0625. The summed E-state index contributed by atoms with van der Waals surface area (Å²) in [4.78, 5) is 3.53. The summed E-state index contributed by atoms with van der Waals surface area (Å²) in [6, 6.07) is 17.0. The van der Waals surface area contributed by atoms with Gasteiger partial charge < -0.3 is 29.0 Å². The van der Waals surface area contributed by atoms with Crippen LogP contribution in [0.5, 0.6) is 0 Å². The molecule has 0 amide bonds. The molecule has 0 saturated heterocycles. The van der Waals surface area contributed by atoms with Crippen LogP contribution < -0.4 is 28.5 Å². The Balaban J connectivity index is 0.00000110. The molecule has 0 spiro atoms. The van der Waals surface area contributed by atoms with Gasteiger partial charge in [0.15, 0.2) is 6.20 Å². The van der Waals surface area contributed by atoms with Crippen molar-refractivity contribution in [2.24, 2.45) is 7.05 Å². The van der Waals surface area contributed by atoms with Crippen LogP contribution in [0.15, 0.2) is 54.7 Å². The van der Waals surface area contributed by atoms with Crippen molar-refractivity contribution in [2.45, 2.75) is 0 Å². The molecule has 0 aliphatic rings. The van der Waals surface area contributed by atoms with Gasteiger partial charge in [-0.2, -0.15) is 0 Å². The molecule has 2 heterocycles. The van der Waals surface area contributed by atoms with E-state index in [1.165, 1.54) is 32.7 Å². The minimum Gasteiger partial charge on any atom is -1.00 e. The van der Waals surface area contributed by atoms with Gasteiger partial charge in [0.25, 0.3) is 0 Å². The molecule has 0 unspecified atom stereocenters. The highest BCUT2D eigenvalue weighted by Gasteiger charge is 2.13. The topological polar surface area (TPSA) is 19.7 Å². The highest BCUT2D eigenvalue weighted by molar-refractivity contribution is 6.14. The van der Waals surface area contributed by atoms with Crippen LogP contribution in [0.25, 0.3) is 32.7 Å². The minimum atomic E-state index is 0. The molecule has 0 saturated carbocycles. The largest absolute Gasteiger partial charge is 1.00 e. The first-order chi connectivity index (χ1) is 8.84. The van der Waals surface area contributed by atoms with Crippen LogP contribution in [0.4, 0.5) is 0 Å². The van der Waals surface area contributed by atoms with Crippen LogP contribution >= 0.6 is 0 Å². The van der Waals surface area contributed by atoms with Gasteiger partial charge in [-0.1, -0.05) is 30.3 Å². The van der Waals surface area contributed by atoms with Crippen LogP contribution in [0.2, 0.25) is 0 Å². The average molecular weight is 360 g/mol. The summed E-state index contributed by atoms with van der Waals surface area (Å²) < 4.78 is 2.19. The summed E-state index contributed by atoms with van der Waals surface area (Å²) in [6.45, 7) is 0. The van der Waals surface area contributed by atoms with Crippen molar-refractivity contribution >= 4 is 32.7 Å². The monoisotopic (exact) mass is 360 g/mol. The zero-order chi connectivity index (χ0) is 12.1. The van der Waals surface area contributed by atoms with Crippen molar-refractivity contribution in [3.63, 3.8) is 0 Å². The first kappa shape index (κ1) is 12.4. The molecule has 0 bridgehead atoms. The number of halogens is 1. The lowest BCUT2D eigenvalue weighted by Crippen LogP contribution is -3.00. The number of para-hydroxylation sites is 2. The van der Waals surface area contributed by atoms with E-state index >= 15 is 0 Å². The number of fused-ring (bicyclic) bond motifs is 5. The molecule has 0 radical (unpaired) electrons. The Hall–Kier alpha value is -1.62. The van der Waals surface area contributed by atoms with Crippen molar-refractivity contribution in [3.8, 4) is 0 Å². The lowest BCUT2D eigenvalue weighted by molar-refractivity contribution is -0.643. The van der Waals surface area contributed by atoms with E-state index in [2.05, 4.69) is 71.3 Å². The van der Waals surface area contributed by atoms with Crippen LogP contribution in [-0.4, -0.2) is 4.98 Å². The summed E-state index contributed by atoms with van der Waals surface area (Å²) in [5.41, 5.74) is 3.67. The van der Waals surface area contributed by atoms with E-state index in [-0.39, 0.29) is 24.0 Å². The van der Waals surface area contributed by atoms with E-state index in [1.807, 2.05) is 0 Å². The van der Waals surface area contributed by atoms with E-state index in [1.54, 1.807) is 0 Å². The highest BCUT2D eigenvalue weighted by Crippen LogP contribution is 2.28. The lowest BCUT2D eigenvalue weighted by Gasteiger charge is -1.98. The third-order valence-electron chi connectivity index (χ3n) is 3.62. The van der Waals surface area contributed by atoms with Crippen molar-refractivity contribution in [2.75, 3.05) is 0 Å². The summed E-state index contributed by atoms with van der Waals surface area (Å²) in [5.74, 6) is 0. The van der Waals surface area contributed by atoms with E-state index in [9.17, 15) is 0 Å². The normalized spacial score (nSPS) is 11.0. The number of nitrogens with one attached hydrogen (secondary N) is 1. The smallest absolute Gasteiger partial charge is 0.214 e. The van der Waals surface area contributed by atoms with Crippen molar-refractivity contribution in [3.05, 3.63) is 54.7 Å². The summed E-state index contributed by atoms with van der Waals surface area (Å²) in [5, 5.41) is 3.84. The van der Waals surface area contributed by atoms with Gasteiger partial charge in [0.05, 0.1) is 16.3 Å². The van der Waals surface area contributed by atoms with Gasteiger partial charge in [0.1, 0.15) is 7.05 Å². The first-order valence-corrected chi connectivity index (χ1v) is 6.12. The molecule has 1 N–H and O–H groups in total. The Kier molecular flexibility index (Phi) is 2.93. The zero-order valence-corrected chi connectivity index (χ0v) is 12.7. The maximum Gasteiger partial charge on any atom is 0.214 e. The van der Waals surface area contributed by atoms with Crippen molar-refractivity contribution in [1.82, 2.24) is 4.98 Å². The maximum atomic E-state index is 3.53. The Bertz CT molecular complexity index is 893. The zero-order valence-electron chi connectivity index (χ0n) is 10.5. The van der Waals surface area contributed by atoms with Gasteiger partial charge in [0, 0.05) is 17.0 Å². The van der Waals surface area contributed by atoms with Gasteiger partial charge in [0.2, 0.25) is 5.52 Å². The number of nitrogens with zero attached hydrogens (tertiary/aromatic N) is 1. The molecule has 2 nitrogen and oxygen atoms in total. The predicted molar refractivity (Wildman–Crippen MR) is 74.5 cm³/mol. The third-order valence-corrected chi connectivity index (χ3v) is 3.62. The van der Waals surface area contributed by atoms with E-state index < -0.39 is 0 Å². The SMILES string of the molecule is C[n+]1cc2c3ccccc3[nH]c2c2ccccc21.[I-]. The summed E-state index contributed by atoms with van der Waals surface area (Å²) in [6.07, 6.45) is 2.20. The van der Waals surface area contributed by atoms with Crippen molar-refractivity contribution in [1.29, 1.82) is 0 Å². The Morgan fingerprint density at radius 3 is 2.37 bits per heavy atom. The number of benzene rings is 2. The van der Waals surface area contributed by atoms with E-state index in [4.69, 9.17) is 0 Å². The quantitative estimate of drug-likeness (QED) is 0.344. The van der Waals surface area contributed by atoms with Crippen molar-refractivity contribution < 1.29 is 28.5 Å².